The molecule has 3 amide bonds. The highest BCUT2D eigenvalue weighted by Gasteiger charge is 2.76. The minimum Gasteiger partial charge on any atom is -0.394 e. The van der Waals surface area contributed by atoms with Crippen LogP contribution in [0.15, 0.2) is 73.8 Å². The van der Waals surface area contributed by atoms with Crippen molar-refractivity contribution >= 4 is 51.1 Å². The number of halogens is 1. The van der Waals surface area contributed by atoms with Crippen LogP contribution in [0.3, 0.4) is 0 Å². The predicted molar refractivity (Wildman–Crippen MR) is 186 cm³/mol. The van der Waals surface area contributed by atoms with Gasteiger partial charge in [0.1, 0.15) is 6.04 Å². The number of alkyl halides is 1. The first kappa shape index (κ1) is 33.5. The number of fused-ring (bicyclic) bond motifs is 1. The second-order valence-electron chi connectivity index (χ2n) is 12.5. The molecule has 3 aliphatic heterocycles. The number of carbonyl (C=O) groups is 3. The van der Waals surface area contributed by atoms with E-state index in [1.54, 1.807) is 38.6 Å². The zero-order chi connectivity index (χ0) is 32.5. The van der Waals surface area contributed by atoms with E-state index in [0.29, 0.717) is 25.9 Å². The van der Waals surface area contributed by atoms with Gasteiger partial charge < -0.3 is 19.8 Å². The van der Waals surface area contributed by atoms with Crippen LogP contribution in [-0.2, 0) is 20.8 Å². The van der Waals surface area contributed by atoms with Gasteiger partial charge in [-0.25, -0.2) is 0 Å². The molecule has 7 atom stereocenters. The number of hydrogen-bond acceptors (Lipinski definition) is 5. The smallest absolute Gasteiger partial charge is 0.251 e. The van der Waals surface area contributed by atoms with E-state index in [1.165, 1.54) is 0 Å². The zero-order valence-corrected chi connectivity index (χ0v) is 28.8. The Bertz CT molecular complexity index is 1450. The van der Waals surface area contributed by atoms with E-state index in [9.17, 15) is 14.7 Å². The van der Waals surface area contributed by atoms with Crippen LogP contribution in [0.25, 0.3) is 0 Å². The molecule has 2 bridgehead atoms. The number of aryl methyl sites for hydroxylation is 2. The van der Waals surface area contributed by atoms with Gasteiger partial charge in [0, 0.05) is 35.4 Å². The lowest BCUT2D eigenvalue weighted by molar-refractivity contribution is -0.145. The molecule has 2 aromatic carbocycles. The van der Waals surface area contributed by atoms with Gasteiger partial charge in [-0.15, -0.1) is 24.9 Å². The first-order chi connectivity index (χ1) is 21.6. The SMILES string of the molecule is C=CCN(CCC)C(=O)[C@H]1[C@@H]2SC3(CC2Br)C(C(=O)N(CC=C)c2cc(C)ccc2C)N([C@@H](CO)Cc2ccccc2)C(=O)[C@H]13. The fraction of sp³-hybridized carbons (Fsp3) is 0.472. The standard InChI is InChI=1S/C36H44BrN3O4S/c1-6-16-38(17-7-2)33(42)29-30-34(43)40(26(22-41)20-25-12-10-9-11-13-25)32(36(30)21-27(37)31(29)45-36)35(44)39(18-8-3)28-19-23(4)14-15-24(28)5/h6,8-15,19,26-27,29-32,41H,1,3,7,16-18,20-22H2,2,4-5H3/t26-,27?,29-,30+,31-,32?,36?/m1/s1. The number of benzene rings is 2. The molecule has 3 unspecified atom stereocenters. The van der Waals surface area contributed by atoms with Crippen molar-refractivity contribution in [3.05, 3.63) is 90.5 Å². The number of anilines is 1. The largest absolute Gasteiger partial charge is 0.394 e. The summed E-state index contributed by atoms with van der Waals surface area (Å²) in [5.41, 5.74) is 3.70. The lowest BCUT2D eigenvalue weighted by Gasteiger charge is -2.40. The summed E-state index contributed by atoms with van der Waals surface area (Å²) in [5, 5.41) is 10.7. The van der Waals surface area contributed by atoms with Gasteiger partial charge >= 0.3 is 0 Å². The molecule has 1 spiro atoms. The second-order valence-corrected chi connectivity index (χ2v) is 15.3. The summed E-state index contributed by atoms with van der Waals surface area (Å²) in [7, 11) is 0. The summed E-state index contributed by atoms with van der Waals surface area (Å²) in [5.74, 6) is -1.75. The number of amides is 3. The third-order valence-electron chi connectivity index (χ3n) is 9.55. The van der Waals surface area contributed by atoms with Gasteiger partial charge in [-0.05, 0) is 55.9 Å². The van der Waals surface area contributed by atoms with Crippen LogP contribution in [0, 0.1) is 25.7 Å². The van der Waals surface area contributed by atoms with Crippen LogP contribution in [0.4, 0.5) is 5.69 Å². The highest BCUT2D eigenvalue weighted by molar-refractivity contribution is 9.09. The molecular weight excluding hydrogens is 650 g/mol. The fourth-order valence-corrected chi connectivity index (χ4v) is 11.3. The minimum atomic E-state index is -0.873. The Balaban J connectivity index is 1.65. The molecule has 0 radical (unpaired) electrons. The van der Waals surface area contributed by atoms with E-state index in [2.05, 4.69) is 29.1 Å². The zero-order valence-electron chi connectivity index (χ0n) is 26.4. The van der Waals surface area contributed by atoms with Crippen LogP contribution >= 0.6 is 27.7 Å². The number of rotatable bonds is 13. The third kappa shape index (κ3) is 5.92. The van der Waals surface area contributed by atoms with E-state index in [-0.39, 0.29) is 41.0 Å². The predicted octanol–water partition coefficient (Wildman–Crippen LogP) is 5.32. The number of thioether (sulfide) groups is 1. The van der Waals surface area contributed by atoms with Gasteiger partial charge in [-0.2, -0.15) is 0 Å². The molecule has 5 rings (SSSR count). The molecule has 1 N–H and O–H groups in total. The molecule has 3 fully saturated rings. The molecule has 7 nitrogen and oxygen atoms in total. The maximum Gasteiger partial charge on any atom is 0.251 e. The van der Waals surface area contributed by atoms with Gasteiger partial charge in [0.05, 0.1) is 29.2 Å². The van der Waals surface area contributed by atoms with Crippen molar-refractivity contribution in [1.29, 1.82) is 0 Å². The van der Waals surface area contributed by atoms with E-state index >= 15 is 4.79 Å². The summed E-state index contributed by atoms with van der Waals surface area (Å²) >= 11 is 5.51. The van der Waals surface area contributed by atoms with Crippen LogP contribution in [0.1, 0.15) is 36.5 Å². The Morgan fingerprint density at radius 2 is 1.84 bits per heavy atom. The summed E-state index contributed by atoms with van der Waals surface area (Å²) in [6, 6.07) is 14.2. The van der Waals surface area contributed by atoms with Gasteiger partial charge in [0.2, 0.25) is 11.8 Å². The molecule has 3 saturated heterocycles. The molecule has 2 aromatic rings. The maximum absolute atomic E-state index is 15.1. The van der Waals surface area contributed by atoms with E-state index in [4.69, 9.17) is 0 Å². The lowest BCUT2D eigenvalue weighted by Crippen LogP contribution is -2.58. The van der Waals surface area contributed by atoms with Gasteiger partial charge in [0.15, 0.2) is 0 Å². The van der Waals surface area contributed by atoms with Crippen molar-refractivity contribution in [1.82, 2.24) is 9.80 Å². The number of aliphatic hydroxyl groups is 1. The van der Waals surface area contributed by atoms with Crippen molar-refractivity contribution in [2.75, 3.05) is 31.1 Å². The van der Waals surface area contributed by atoms with E-state index in [0.717, 1.165) is 28.8 Å². The van der Waals surface area contributed by atoms with Crippen LogP contribution in [0.2, 0.25) is 0 Å². The second kappa shape index (κ2) is 13.9. The molecule has 3 aliphatic rings. The normalized spacial score (nSPS) is 27.3. The molecule has 0 aliphatic carbocycles. The summed E-state index contributed by atoms with van der Waals surface area (Å²) in [6.07, 6.45) is 5.19. The van der Waals surface area contributed by atoms with Crippen molar-refractivity contribution in [3.63, 3.8) is 0 Å². The molecule has 0 aromatic heterocycles. The molecule has 45 heavy (non-hydrogen) atoms. The Morgan fingerprint density at radius 3 is 2.49 bits per heavy atom. The van der Waals surface area contributed by atoms with E-state index in [1.807, 2.05) is 69.3 Å². The first-order valence-corrected chi connectivity index (χ1v) is 17.6. The number of hydrogen-bond donors (Lipinski definition) is 1. The van der Waals surface area contributed by atoms with E-state index < -0.39 is 28.7 Å². The van der Waals surface area contributed by atoms with Crippen molar-refractivity contribution in [3.8, 4) is 0 Å². The third-order valence-corrected chi connectivity index (χ3v) is 12.8. The minimum absolute atomic E-state index is 0.0433. The van der Waals surface area contributed by atoms with Crippen LogP contribution in [0.5, 0.6) is 0 Å². The fourth-order valence-electron chi connectivity index (χ4n) is 7.68. The van der Waals surface area contributed by atoms with Gasteiger partial charge in [-0.3, -0.25) is 14.4 Å². The molecule has 240 valence electrons. The highest BCUT2D eigenvalue weighted by Crippen LogP contribution is 2.68. The van der Waals surface area contributed by atoms with Crippen molar-refractivity contribution in [2.24, 2.45) is 11.8 Å². The summed E-state index contributed by atoms with van der Waals surface area (Å²) in [4.78, 5) is 49.5. The summed E-state index contributed by atoms with van der Waals surface area (Å²) in [6.45, 7) is 14.8. The number of likely N-dealkylation sites (tertiary alicyclic amines) is 1. The van der Waals surface area contributed by atoms with Crippen LogP contribution in [-0.4, -0.2) is 85.8 Å². The Hall–Kier alpha value is -2.88. The first-order valence-electron chi connectivity index (χ1n) is 15.8. The average molecular weight is 695 g/mol. The summed E-state index contributed by atoms with van der Waals surface area (Å²) < 4.78 is -0.833. The number of aliphatic hydroxyl groups excluding tert-OH is 1. The Morgan fingerprint density at radius 1 is 1.13 bits per heavy atom. The lowest BCUT2D eigenvalue weighted by atomic mass is 9.70. The molecule has 3 heterocycles. The quantitative estimate of drug-likeness (QED) is 0.227. The monoisotopic (exact) mass is 693 g/mol. The van der Waals surface area contributed by atoms with Gasteiger partial charge in [0.25, 0.3) is 5.91 Å². The topological polar surface area (TPSA) is 81.2 Å². The highest BCUT2D eigenvalue weighted by atomic mass is 79.9. The number of carbonyl (C=O) groups excluding carboxylic acids is 3. The average Bonchev–Trinajstić information content (AvgIpc) is 3.63. The van der Waals surface area contributed by atoms with Crippen LogP contribution < -0.4 is 4.90 Å². The maximum atomic E-state index is 15.1. The number of nitrogens with zero attached hydrogens (tertiary/aromatic N) is 3. The Kier molecular flexibility index (Phi) is 10.3. The molecule has 9 heteroatoms. The molecular formula is C36H44BrN3O4S. The van der Waals surface area contributed by atoms with Crippen molar-refractivity contribution in [2.45, 2.75) is 66.9 Å². The van der Waals surface area contributed by atoms with Crippen molar-refractivity contribution < 1.29 is 19.5 Å². The van der Waals surface area contributed by atoms with Gasteiger partial charge in [-0.1, -0.05) is 77.5 Å². The Labute approximate surface area is 279 Å². The molecule has 0 saturated carbocycles.